The van der Waals surface area contributed by atoms with Gasteiger partial charge in [-0.1, -0.05) is 0 Å². The van der Waals surface area contributed by atoms with Crippen LogP contribution in [0.5, 0.6) is 0 Å². The third kappa shape index (κ3) is 4.40. The number of nitriles is 1. The third-order valence-electron chi connectivity index (χ3n) is 5.66. The summed E-state index contributed by atoms with van der Waals surface area (Å²) in [6.45, 7) is 4.35. The lowest BCUT2D eigenvalue weighted by molar-refractivity contribution is -0.131. The summed E-state index contributed by atoms with van der Waals surface area (Å²) in [7, 11) is 0. The van der Waals surface area contributed by atoms with Crippen LogP contribution in [0.25, 0.3) is 10.8 Å². The van der Waals surface area contributed by atoms with E-state index in [2.05, 4.69) is 14.9 Å². The standard InChI is InChI=1S/C23H22FN5O2/c1-15-10-16(24)11-21-20(15)12-17(27-23(21)31)3-5-22(30)29-8-6-28(7-9-29)19-4-2-18(13-25)26-14-19/h2,4,10-12,14H,3,5-9H2,1H3,(H,27,31). The summed E-state index contributed by atoms with van der Waals surface area (Å²) in [5.74, 6) is -0.399. The lowest BCUT2D eigenvalue weighted by Crippen LogP contribution is -2.48. The van der Waals surface area contributed by atoms with Gasteiger partial charge < -0.3 is 14.8 Å². The van der Waals surface area contributed by atoms with Crippen molar-refractivity contribution in [1.82, 2.24) is 14.9 Å². The number of fused-ring (bicyclic) bond motifs is 1. The van der Waals surface area contributed by atoms with Crippen LogP contribution in [0.4, 0.5) is 10.1 Å². The molecule has 158 valence electrons. The number of nitrogens with zero attached hydrogens (tertiary/aromatic N) is 4. The molecule has 3 aromatic rings. The highest BCUT2D eigenvalue weighted by molar-refractivity contribution is 5.85. The van der Waals surface area contributed by atoms with E-state index >= 15 is 0 Å². The molecule has 1 N–H and O–H groups in total. The van der Waals surface area contributed by atoms with E-state index in [4.69, 9.17) is 5.26 Å². The number of halogens is 1. The molecule has 3 heterocycles. The number of aromatic nitrogens is 2. The number of anilines is 1. The fourth-order valence-electron chi connectivity index (χ4n) is 3.94. The number of hydrogen-bond donors (Lipinski definition) is 1. The lowest BCUT2D eigenvalue weighted by Gasteiger charge is -2.36. The summed E-state index contributed by atoms with van der Waals surface area (Å²) >= 11 is 0. The van der Waals surface area contributed by atoms with Gasteiger partial charge in [0.05, 0.1) is 17.3 Å². The molecule has 1 fully saturated rings. The third-order valence-corrected chi connectivity index (χ3v) is 5.66. The van der Waals surface area contributed by atoms with E-state index in [-0.39, 0.29) is 11.5 Å². The number of aryl methyl sites for hydroxylation is 2. The predicted molar refractivity (Wildman–Crippen MR) is 115 cm³/mol. The summed E-state index contributed by atoms with van der Waals surface area (Å²) in [5.41, 5.74) is 2.34. The Morgan fingerprint density at radius 1 is 1.19 bits per heavy atom. The minimum absolute atomic E-state index is 0.0365. The van der Waals surface area contributed by atoms with Crippen molar-refractivity contribution in [3.8, 4) is 6.07 Å². The van der Waals surface area contributed by atoms with Crippen LogP contribution in [0.2, 0.25) is 0 Å². The van der Waals surface area contributed by atoms with Crippen molar-refractivity contribution in [2.24, 2.45) is 0 Å². The molecule has 31 heavy (non-hydrogen) atoms. The Morgan fingerprint density at radius 2 is 1.97 bits per heavy atom. The van der Waals surface area contributed by atoms with Crippen LogP contribution in [0.15, 0.2) is 41.3 Å². The number of nitrogens with one attached hydrogen (secondary N) is 1. The highest BCUT2D eigenvalue weighted by atomic mass is 19.1. The van der Waals surface area contributed by atoms with Gasteiger partial charge in [-0.2, -0.15) is 5.26 Å². The number of piperazine rings is 1. The van der Waals surface area contributed by atoms with Gasteiger partial charge in [0.15, 0.2) is 0 Å². The zero-order chi connectivity index (χ0) is 22.0. The van der Waals surface area contributed by atoms with Gasteiger partial charge in [-0.3, -0.25) is 9.59 Å². The number of carbonyl (C=O) groups excluding carboxylic acids is 1. The molecule has 1 amide bonds. The summed E-state index contributed by atoms with van der Waals surface area (Å²) in [6, 6.07) is 10.0. The number of hydrogen-bond acceptors (Lipinski definition) is 5. The number of pyridine rings is 2. The molecule has 0 aliphatic carbocycles. The minimum Gasteiger partial charge on any atom is -0.367 e. The van der Waals surface area contributed by atoms with Crippen LogP contribution < -0.4 is 10.5 Å². The molecule has 0 atom stereocenters. The molecule has 8 heteroatoms. The van der Waals surface area contributed by atoms with Crippen molar-refractivity contribution < 1.29 is 9.18 Å². The molecular formula is C23H22FN5O2. The van der Waals surface area contributed by atoms with Crippen molar-refractivity contribution in [3.05, 3.63) is 69.7 Å². The van der Waals surface area contributed by atoms with Crippen LogP contribution in [-0.4, -0.2) is 47.0 Å². The van der Waals surface area contributed by atoms with E-state index in [0.29, 0.717) is 66.7 Å². The van der Waals surface area contributed by atoms with Crippen molar-refractivity contribution in [2.45, 2.75) is 19.8 Å². The Bertz CT molecular complexity index is 1220. The Kier molecular flexibility index (Phi) is 5.67. The normalized spacial score (nSPS) is 14.0. The maximum atomic E-state index is 13.6. The molecule has 4 rings (SSSR count). The van der Waals surface area contributed by atoms with Crippen LogP contribution >= 0.6 is 0 Å². The maximum Gasteiger partial charge on any atom is 0.256 e. The second kappa shape index (κ2) is 8.56. The Balaban J connectivity index is 1.36. The first-order chi connectivity index (χ1) is 14.9. The highest BCUT2D eigenvalue weighted by Gasteiger charge is 2.21. The van der Waals surface area contributed by atoms with Crippen molar-refractivity contribution in [1.29, 1.82) is 5.26 Å². The summed E-state index contributed by atoms with van der Waals surface area (Å²) < 4.78 is 13.6. The van der Waals surface area contributed by atoms with Gasteiger partial charge >= 0.3 is 0 Å². The van der Waals surface area contributed by atoms with E-state index in [1.807, 2.05) is 23.1 Å². The fraction of sp³-hybridized carbons (Fsp3) is 0.304. The molecule has 0 radical (unpaired) electrons. The Labute approximate surface area is 178 Å². The van der Waals surface area contributed by atoms with E-state index in [1.54, 1.807) is 19.2 Å². The van der Waals surface area contributed by atoms with Gasteiger partial charge in [-0.05, 0) is 54.6 Å². The Morgan fingerprint density at radius 3 is 2.65 bits per heavy atom. The second-order valence-electron chi connectivity index (χ2n) is 7.69. The predicted octanol–water partition coefficient (Wildman–Crippen LogP) is 2.52. The van der Waals surface area contributed by atoms with Gasteiger partial charge in [0.1, 0.15) is 17.6 Å². The molecule has 0 bridgehead atoms. The molecule has 0 saturated carbocycles. The van der Waals surface area contributed by atoms with Crippen LogP contribution in [0, 0.1) is 24.1 Å². The largest absolute Gasteiger partial charge is 0.367 e. The summed E-state index contributed by atoms with van der Waals surface area (Å²) in [5, 5.41) is 9.88. The fourth-order valence-corrected chi connectivity index (χ4v) is 3.94. The molecular weight excluding hydrogens is 397 g/mol. The molecule has 7 nitrogen and oxygen atoms in total. The quantitative estimate of drug-likeness (QED) is 0.702. The van der Waals surface area contributed by atoms with Gasteiger partial charge in [0.2, 0.25) is 5.91 Å². The number of aromatic amines is 1. The van der Waals surface area contributed by atoms with E-state index in [1.165, 1.54) is 12.1 Å². The van der Waals surface area contributed by atoms with Crippen LogP contribution in [0.3, 0.4) is 0 Å². The molecule has 2 aromatic heterocycles. The summed E-state index contributed by atoms with van der Waals surface area (Å²) in [6.07, 6.45) is 2.39. The number of benzene rings is 1. The van der Waals surface area contributed by atoms with E-state index < -0.39 is 5.82 Å². The lowest BCUT2D eigenvalue weighted by atomic mass is 10.0. The van der Waals surface area contributed by atoms with Gasteiger partial charge in [0, 0.05) is 38.3 Å². The first-order valence-electron chi connectivity index (χ1n) is 10.2. The smallest absolute Gasteiger partial charge is 0.256 e. The second-order valence-corrected chi connectivity index (χ2v) is 7.69. The highest BCUT2D eigenvalue weighted by Crippen LogP contribution is 2.19. The molecule has 1 saturated heterocycles. The molecule has 1 aromatic carbocycles. The zero-order valence-electron chi connectivity index (χ0n) is 17.2. The topological polar surface area (TPSA) is 93.1 Å². The first-order valence-corrected chi connectivity index (χ1v) is 10.2. The average Bonchev–Trinajstić information content (AvgIpc) is 2.78. The SMILES string of the molecule is Cc1cc(F)cc2c(=O)[nH]c(CCC(=O)N3CCN(c4ccc(C#N)nc4)CC3)cc12. The van der Waals surface area contributed by atoms with Gasteiger partial charge in [-0.15, -0.1) is 0 Å². The number of rotatable bonds is 4. The minimum atomic E-state index is -0.436. The monoisotopic (exact) mass is 419 g/mol. The van der Waals surface area contributed by atoms with Crippen LogP contribution in [0.1, 0.15) is 23.4 Å². The van der Waals surface area contributed by atoms with Gasteiger partial charge in [-0.25, -0.2) is 9.37 Å². The zero-order valence-corrected chi connectivity index (χ0v) is 17.2. The van der Waals surface area contributed by atoms with Crippen molar-refractivity contribution in [2.75, 3.05) is 31.1 Å². The van der Waals surface area contributed by atoms with Gasteiger partial charge in [0.25, 0.3) is 5.56 Å². The first kappa shape index (κ1) is 20.5. The average molecular weight is 419 g/mol. The number of carbonyl (C=O) groups is 1. The Hall–Kier alpha value is -3.73. The van der Waals surface area contributed by atoms with Crippen LogP contribution in [-0.2, 0) is 11.2 Å². The maximum absolute atomic E-state index is 13.6. The summed E-state index contributed by atoms with van der Waals surface area (Å²) in [4.78, 5) is 35.8. The van der Waals surface area contributed by atoms with E-state index in [0.717, 1.165) is 5.69 Å². The molecule has 0 spiro atoms. The number of amides is 1. The van der Waals surface area contributed by atoms with Crippen molar-refractivity contribution in [3.63, 3.8) is 0 Å². The molecule has 1 aliphatic heterocycles. The van der Waals surface area contributed by atoms with E-state index in [9.17, 15) is 14.0 Å². The van der Waals surface area contributed by atoms with Crippen molar-refractivity contribution >= 4 is 22.4 Å². The molecule has 0 unspecified atom stereocenters. The number of H-pyrrole nitrogens is 1. The molecule has 1 aliphatic rings.